The normalized spacial score (nSPS) is 15.7. The number of carbonyl (C=O) groups is 1. The zero-order valence-corrected chi connectivity index (χ0v) is 12.6. The Kier molecular flexibility index (Phi) is 5.87. The third-order valence-corrected chi connectivity index (χ3v) is 3.80. The summed E-state index contributed by atoms with van der Waals surface area (Å²) in [5, 5.41) is 3.21. The topological polar surface area (TPSA) is 73.6 Å². The van der Waals surface area contributed by atoms with Crippen molar-refractivity contribution in [3.05, 3.63) is 23.8 Å². The van der Waals surface area contributed by atoms with Gasteiger partial charge in [-0.1, -0.05) is 19.3 Å². The number of hydrogen-bond acceptors (Lipinski definition) is 5. The lowest BCUT2D eigenvalue weighted by Gasteiger charge is -2.22. The molecule has 3 N–H and O–H groups in total. The predicted octanol–water partition coefficient (Wildman–Crippen LogP) is 2.82. The average Bonchev–Trinajstić information content (AvgIpc) is 2.53. The van der Waals surface area contributed by atoms with Gasteiger partial charge in [0.25, 0.3) is 0 Å². The molecule has 1 aromatic carbocycles. The smallest absolute Gasteiger partial charge is 0.337 e. The minimum Gasteiger partial charge on any atom is -0.465 e. The van der Waals surface area contributed by atoms with Gasteiger partial charge in [0, 0.05) is 6.54 Å². The van der Waals surface area contributed by atoms with Crippen LogP contribution in [0.3, 0.4) is 0 Å². The van der Waals surface area contributed by atoms with Crippen LogP contribution in [0.25, 0.3) is 0 Å². The van der Waals surface area contributed by atoms with Gasteiger partial charge in [0.1, 0.15) is 0 Å². The van der Waals surface area contributed by atoms with E-state index in [2.05, 4.69) is 5.32 Å². The van der Waals surface area contributed by atoms with E-state index in [4.69, 9.17) is 15.2 Å². The molecule has 0 aromatic heterocycles. The molecule has 0 bridgehead atoms. The molecule has 0 aliphatic heterocycles. The fourth-order valence-corrected chi connectivity index (χ4v) is 2.60. The Morgan fingerprint density at radius 2 is 2.10 bits per heavy atom. The molecule has 5 nitrogen and oxygen atoms in total. The van der Waals surface area contributed by atoms with E-state index in [1.165, 1.54) is 39.2 Å². The highest BCUT2D eigenvalue weighted by Gasteiger charge is 2.13. The molecule has 0 spiro atoms. The molecule has 0 heterocycles. The molecule has 0 saturated heterocycles. The van der Waals surface area contributed by atoms with Crippen molar-refractivity contribution < 1.29 is 14.3 Å². The SMILES string of the molecule is COC(=O)c1ccc(N)c(NCCOC2CCCCC2)c1. The average molecular weight is 292 g/mol. The molecular formula is C16H24N2O3. The Hall–Kier alpha value is -1.75. The van der Waals surface area contributed by atoms with E-state index in [-0.39, 0.29) is 5.97 Å². The van der Waals surface area contributed by atoms with Crippen LogP contribution in [0, 0.1) is 0 Å². The predicted molar refractivity (Wildman–Crippen MR) is 83.5 cm³/mol. The van der Waals surface area contributed by atoms with Gasteiger partial charge >= 0.3 is 5.97 Å². The van der Waals surface area contributed by atoms with Gasteiger partial charge in [-0.05, 0) is 31.0 Å². The van der Waals surface area contributed by atoms with Crippen molar-refractivity contribution in [3.8, 4) is 0 Å². The zero-order valence-electron chi connectivity index (χ0n) is 12.6. The molecule has 1 aromatic rings. The molecule has 1 fully saturated rings. The summed E-state index contributed by atoms with van der Waals surface area (Å²) in [6, 6.07) is 5.07. The molecule has 116 valence electrons. The summed E-state index contributed by atoms with van der Waals surface area (Å²) in [6.45, 7) is 1.32. The fraction of sp³-hybridized carbons (Fsp3) is 0.562. The number of carbonyl (C=O) groups excluding carboxylic acids is 1. The molecule has 0 unspecified atom stereocenters. The quantitative estimate of drug-likeness (QED) is 0.479. The Morgan fingerprint density at radius 1 is 1.33 bits per heavy atom. The van der Waals surface area contributed by atoms with Crippen molar-refractivity contribution in [2.45, 2.75) is 38.2 Å². The number of esters is 1. The first kappa shape index (κ1) is 15.6. The van der Waals surface area contributed by atoms with E-state index in [1.54, 1.807) is 18.2 Å². The molecule has 1 aliphatic carbocycles. The summed E-state index contributed by atoms with van der Waals surface area (Å²) in [5.41, 5.74) is 7.74. The fourth-order valence-electron chi connectivity index (χ4n) is 2.60. The van der Waals surface area contributed by atoms with Crippen molar-refractivity contribution in [2.75, 3.05) is 31.3 Å². The van der Waals surface area contributed by atoms with Crippen LogP contribution in [0.15, 0.2) is 18.2 Å². The highest BCUT2D eigenvalue weighted by atomic mass is 16.5. The van der Waals surface area contributed by atoms with Gasteiger partial charge in [-0.2, -0.15) is 0 Å². The zero-order chi connectivity index (χ0) is 15.1. The van der Waals surface area contributed by atoms with Crippen molar-refractivity contribution in [3.63, 3.8) is 0 Å². The van der Waals surface area contributed by atoms with Gasteiger partial charge in [-0.15, -0.1) is 0 Å². The van der Waals surface area contributed by atoms with Crippen LogP contribution in [-0.4, -0.2) is 32.3 Å². The minimum atomic E-state index is -0.364. The first-order valence-corrected chi connectivity index (χ1v) is 7.54. The molecule has 1 aliphatic rings. The lowest BCUT2D eigenvalue weighted by atomic mass is 9.98. The standard InChI is InChI=1S/C16H24N2O3/c1-20-16(19)12-7-8-14(17)15(11-12)18-9-10-21-13-5-3-2-4-6-13/h7-8,11,13,18H,2-6,9-10,17H2,1H3. The Morgan fingerprint density at radius 3 is 2.81 bits per heavy atom. The summed E-state index contributed by atoms with van der Waals surface area (Å²) < 4.78 is 10.6. The monoisotopic (exact) mass is 292 g/mol. The van der Waals surface area contributed by atoms with Crippen LogP contribution in [-0.2, 0) is 9.47 Å². The number of hydrogen-bond donors (Lipinski definition) is 2. The van der Waals surface area contributed by atoms with Crippen LogP contribution < -0.4 is 11.1 Å². The Labute approximate surface area is 125 Å². The van der Waals surface area contributed by atoms with E-state index in [0.717, 1.165) is 5.69 Å². The first-order valence-electron chi connectivity index (χ1n) is 7.54. The lowest BCUT2D eigenvalue weighted by molar-refractivity contribution is 0.0347. The molecule has 2 rings (SSSR count). The van der Waals surface area contributed by atoms with Gasteiger partial charge < -0.3 is 20.5 Å². The number of nitrogens with one attached hydrogen (secondary N) is 1. The number of benzene rings is 1. The number of rotatable bonds is 6. The van der Waals surface area contributed by atoms with Crippen LogP contribution >= 0.6 is 0 Å². The number of anilines is 2. The van der Waals surface area contributed by atoms with E-state index < -0.39 is 0 Å². The summed E-state index contributed by atoms with van der Waals surface area (Å²) in [7, 11) is 1.36. The third-order valence-electron chi connectivity index (χ3n) is 3.80. The van der Waals surface area contributed by atoms with Gasteiger partial charge in [0.2, 0.25) is 0 Å². The molecule has 0 atom stereocenters. The molecule has 5 heteroatoms. The number of nitrogen functional groups attached to an aromatic ring is 1. The largest absolute Gasteiger partial charge is 0.465 e. The summed E-state index contributed by atoms with van der Waals surface area (Å²) in [6.07, 6.45) is 6.60. The second-order valence-electron chi connectivity index (χ2n) is 5.35. The number of methoxy groups -OCH3 is 1. The van der Waals surface area contributed by atoms with Crippen molar-refractivity contribution in [2.24, 2.45) is 0 Å². The van der Waals surface area contributed by atoms with Crippen LogP contribution in [0.5, 0.6) is 0 Å². The second-order valence-corrected chi connectivity index (χ2v) is 5.35. The summed E-state index contributed by atoms with van der Waals surface area (Å²) >= 11 is 0. The first-order chi connectivity index (χ1) is 10.2. The number of nitrogens with two attached hydrogens (primary N) is 1. The maximum Gasteiger partial charge on any atom is 0.337 e. The van der Waals surface area contributed by atoms with E-state index in [0.29, 0.717) is 30.5 Å². The molecular weight excluding hydrogens is 268 g/mol. The van der Waals surface area contributed by atoms with Crippen LogP contribution in [0.4, 0.5) is 11.4 Å². The minimum absolute atomic E-state index is 0.364. The van der Waals surface area contributed by atoms with Gasteiger partial charge in [0.15, 0.2) is 0 Å². The summed E-state index contributed by atoms with van der Waals surface area (Å²) in [4.78, 5) is 11.5. The maximum atomic E-state index is 11.5. The van der Waals surface area contributed by atoms with Gasteiger partial charge in [-0.3, -0.25) is 0 Å². The van der Waals surface area contributed by atoms with Crippen LogP contribution in [0.2, 0.25) is 0 Å². The second kappa shape index (κ2) is 7.88. The van der Waals surface area contributed by atoms with E-state index >= 15 is 0 Å². The number of ether oxygens (including phenoxy) is 2. The van der Waals surface area contributed by atoms with Crippen LogP contribution in [0.1, 0.15) is 42.5 Å². The lowest BCUT2D eigenvalue weighted by Crippen LogP contribution is -2.20. The maximum absolute atomic E-state index is 11.5. The van der Waals surface area contributed by atoms with Crippen molar-refractivity contribution in [1.29, 1.82) is 0 Å². The van der Waals surface area contributed by atoms with E-state index in [9.17, 15) is 4.79 Å². The van der Waals surface area contributed by atoms with Gasteiger partial charge in [0.05, 0.1) is 36.8 Å². The summed E-state index contributed by atoms with van der Waals surface area (Å²) in [5.74, 6) is -0.364. The van der Waals surface area contributed by atoms with Crippen molar-refractivity contribution >= 4 is 17.3 Å². The molecule has 1 saturated carbocycles. The molecule has 0 amide bonds. The third kappa shape index (κ3) is 4.63. The molecule has 21 heavy (non-hydrogen) atoms. The molecule has 0 radical (unpaired) electrons. The Balaban J connectivity index is 1.80. The Bertz CT molecular complexity index is 471. The van der Waals surface area contributed by atoms with Gasteiger partial charge in [-0.25, -0.2) is 4.79 Å². The van der Waals surface area contributed by atoms with Crippen molar-refractivity contribution in [1.82, 2.24) is 0 Å². The van der Waals surface area contributed by atoms with E-state index in [1.807, 2.05) is 0 Å². The highest BCUT2D eigenvalue weighted by Crippen LogP contribution is 2.21. The highest BCUT2D eigenvalue weighted by molar-refractivity contribution is 5.91.